The van der Waals surface area contributed by atoms with Crippen molar-refractivity contribution in [3.05, 3.63) is 53.9 Å². The van der Waals surface area contributed by atoms with Crippen molar-refractivity contribution < 1.29 is 14.4 Å². The number of nitrogens with zero attached hydrogens (tertiary/aromatic N) is 3. The van der Waals surface area contributed by atoms with Crippen molar-refractivity contribution in [1.29, 1.82) is 0 Å². The zero-order valence-electron chi connectivity index (χ0n) is 12.1. The summed E-state index contributed by atoms with van der Waals surface area (Å²) in [7, 11) is -4.16. The van der Waals surface area contributed by atoms with E-state index in [1.807, 2.05) is 42.5 Å². The number of fused-ring (bicyclic) bond motifs is 1. The van der Waals surface area contributed by atoms with Gasteiger partial charge in [-0.2, -0.15) is 5.21 Å². The summed E-state index contributed by atoms with van der Waals surface area (Å²) < 4.78 is 11.1. The fraction of sp³-hybridized carbons (Fsp3) is 0.214. The van der Waals surface area contributed by atoms with Crippen LogP contribution in [0.4, 0.5) is 0 Å². The second-order valence-corrected chi connectivity index (χ2v) is 6.88. The SMILES string of the molecule is O=P(O)(O)CN[C@@H](Cc1ccc2ccccc2c1)c1nn[nH]n1. The number of rotatable bonds is 6. The van der Waals surface area contributed by atoms with Crippen LogP contribution in [0.3, 0.4) is 0 Å². The molecule has 0 aliphatic rings. The summed E-state index contributed by atoms with van der Waals surface area (Å²) in [6.45, 7) is 0. The lowest BCUT2D eigenvalue weighted by Gasteiger charge is -2.16. The molecule has 1 heterocycles. The van der Waals surface area contributed by atoms with Crippen LogP contribution in [0.5, 0.6) is 0 Å². The molecule has 0 aliphatic carbocycles. The van der Waals surface area contributed by atoms with Gasteiger partial charge >= 0.3 is 7.60 Å². The molecule has 1 atom stereocenters. The summed E-state index contributed by atoms with van der Waals surface area (Å²) in [5.41, 5.74) is 1.01. The van der Waals surface area contributed by atoms with Gasteiger partial charge in [-0.3, -0.25) is 9.88 Å². The lowest BCUT2D eigenvalue weighted by molar-refractivity contribution is 0.362. The first-order valence-corrected chi connectivity index (χ1v) is 8.80. The Balaban J connectivity index is 1.83. The highest BCUT2D eigenvalue weighted by Gasteiger charge is 2.21. The number of nitrogens with one attached hydrogen (secondary N) is 2. The van der Waals surface area contributed by atoms with Crippen LogP contribution in [-0.4, -0.2) is 36.7 Å². The van der Waals surface area contributed by atoms with Gasteiger partial charge in [0.2, 0.25) is 0 Å². The molecule has 0 saturated heterocycles. The number of aromatic amines is 1. The smallest absolute Gasteiger partial charge is 0.324 e. The summed E-state index contributed by atoms with van der Waals surface area (Å²) in [5.74, 6) is 0.367. The summed E-state index contributed by atoms with van der Waals surface area (Å²) >= 11 is 0. The minimum Gasteiger partial charge on any atom is -0.324 e. The first-order valence-electron chi connectivity index (χ1n) is 7.00. The van der Waals surface area contributed by atoms with E-state index in [0.717, 1.165) is 16.3 Å². The van der Waals surface area contributed by atoms with Crippen molar-refractivity contribution in [3.8, 4) is 0 Å². The van der Waals surface area contributed by atoms with E-state index in [1.165, 1.54) is 0 Å². The first kappa shape index (κ1) is 15.8. The molecule has 0 bridgehead atoms. The third-order valence-corrected chi connectivity index (χ3v) is 4.07. The predicted molar refractivity (Wildman–Crippen MR) is 84.6 cm³/mol. The number of benzene rings is 2. The van der Waals surface area contributed by atoms with Crippen molar-refractivity contribution in [2.24, 2.45) is 0 Å². The van der Waals surface area contributed by atoms with Gasteiger partial charge in [0.1, 0.15) is 0 Å². The lowest BCUT2D eigenvalue weighted by Crippen LogP contribution is -2.25. The van der Waals surface area contributed by atoms with Crippen LogP contribution in [0.1, 0.15) is 17.4 Å². The van der Waals surface area contributed by atoms with Crippen molar-refractivity contribution in [1.82, 2.24) is 25.9 Å². The van der Waals surface area contributed by atoms with Crippen LogP contribution in [0.25, 0.3) is 10.8 Å². The molecule has 0 spiro atoms. The molecule has 23 heavy (non-hydrogen) atoms. The third-order valence-electron chi connectivity index (χ3n) is 3.47. The van der Waals surface area contributed by atoms with Gasteiger partial charge in [-0.25, -0.2) is 0 Å². The minimum absolute atomic E-state index is 0.367. The molecule has 2 aromatic carbocycles. The van der Waals surface area contributed by atoms with Crippen molar-refractivity contribution in [2.45, 2.75) is 12.5 Å². The summed E-state index contributed by atoms with van der Waals surface area (Å²) in [6.07, 6.45) is 0.0458. The Bertz CT molecular complexity index is 833. The molecule has 3 aromatic rings. The topological polar surface area (TPSA) is 124 Å². The number of hydrogen-bond acceptors (Lipinski definition) is 5. The van der Waals surface area contributed by atoms with Gasteiger partial charge in [0, 0.05) is 0 Å². The molecule has 0 radical (unpaired) electrons. The molecule has 0 unspecified atom stereocenters. The van der Waals surface area contributed by atoms with Crippen LogP contribution in [0.2, 0.25) is 0 Å². The highest BCUT2D eigenvalue weighted by Crippen LogP contribution is 2.33. The predicted octanol–water partition coefficient (Wildman–Crippen LogP) is 1.36. The molecular formula is C14H16N5O3P. The van der Waals surface area contributed by atoms with Crippen molar-refractivity contribution in [3.63, 3.8) is 0 Å². The molecule has 0 aliphatic heterocycles. The molecule has 4 N–H and O–H groups in total. The average Bonchev–Trinajstić information content (AvgIpc) is 3.04. The fourth-order valence-corrected chi connectivity index (χ4v) is 2.86. The quantitative estimate of drug-likeness (QED) is 0.502. The Kier molecular flexibility index (Phi) is 4.49. The minimum atomic E-state index is -4.16. The Morgan fingerprint density at radius 3 is 2.65 bits per heavy atom. The Morgan fingerprint density at radius 2 is 1.96 bits per heavy atom. The normalized spacial score (nSPS) is 13.3. The van der Waals surface area contributed by atoms with E-state index in [0.29, 0.717) is 12.2 Å². The van der Waals surface area contributed by atoms with Gasteiger partial charge in [0.15, 0.2) is 5.82 Å². The van der Waals surface area contributed by atoms with Crippen molar-refractivity contribution in [2.75, 3.05) is 6.29 Å². The fourth-order valence-electron chi connectivity index (χ4n) is 2.40. The maximum atomic E-state index is 11.1. The highest BCUT2D eigenvalue weighted by molar-refractivity contribution is 7.51. The van der Waals surface area contributed by atoms with Crippen LogP contribution in [0.15, 0.2) is 42.5 Å². The van der Waals surface area contributed by atoms with Gasteiger partial charge in [-0.15, -0.1) is 10.2 Å². The summed E-state index contributed by atoms with van der Waals surface area (Å²) in [4.78, 5) is 18.1. The molecule has 0 saturated carbocycles. The van der Waals surface area contributed by atoms with E-state index in [-0.39, 0.29) is 0 Å². The largest absolute Gasteiger partial charge is 0.339 e. The third kappa shape index (κ3) is 4.20. The molecule has 3 rings (SSSR count). The highest BCUT2D eigenvalue weighted by atomic mass is 31.2. The Labute approximate surface area is 132 Å². The molecule has 120 valence electrons. The van der Waals surface area contributed by atoms with E-state index >= 15 is 0 Å². The van der Waals surface area contributed by atoms with Gasteiger partial charge in [0.05, 0.1) is 12.3 Å². The summed E-state index contributed by atoms with van der Waals surface area (Å²) in [6, 6.07) is 13.6. The van der Waals surface area contributed by atoms with Crippen LogP contribution in [0, 0.1) is 0 Å². The van der Waals surface area contributed by atoms with Crippen molar-refractivity contribution >= 4 is 18.4 Å². The Morgan fingerprint density at radius 1 is 1.17 bits per heavy atom. The molecule has 1 aromatic heterocycles. The van der Waals surface area contributed by atoms with Gasteiger partial charge < -0.3 is 9.79 Å². The molecular weight excluding hydrogens is 317 g/mol. The first-order chi connectivity index (χ1) is 11.0. The van der Waals surface area contributed by atoms with E-state index in [9.17, 15) is 4.57 Å². The maximum Gasteiger partial charge on any atom is 0.339 e. The van der Waals surface area contributed by atoms with Gasteiger partial charge in [0.25, 0.3) is 0 Å². The number of hydrogen-bond donors (Lipinski definition) is 4. The molecule has 8 nitrogen and oxygen atoms in total. The monoisotopic (exact) mass is 333 g/mol. The maximum absolute atomic E-state index is 11.1. The zero-order chi connectivity index (χ0) is 16.3. The van der Waals surface area contributed by atoms with E-state index in [2.05, 4.69) is 25.9 Å². The van der Waals surface area contributed by atoms with E-state index in [4.69, 9.17) is 9.79 Å². The molecule has 0 fully saturated rings. The van der Waals surface area contributed by atoms with E-state index < -0.39 is 19.9 Å². The lowest BCUT2D eigenvalue weighted by atomic mass is 10.0. The van der Waals surface area contributed by atoms with Crippen LogP contribution >= 0.6 is 7.60 Å². The molecule has 0 amide bonds. The number of tetrazole rings is 1. The zero-order valence-corrected chi connectivity index (χ0v) is 13.0. The van der Waals surface area contributed by atoms with Crippen LogP contribution in [-0.2, 0) is 11.0 Å². The standard InChI is InChI=1S/C14H16N5O3P/c20-23(21,22)9-15-13(14-16-18-19-17-14)8-10-5-6-11-3-1-2-4-12(11)7-10/h1-7,13,15H,8-9H2,(H2,20,21,22)(H,16,17,18,19)/t13-/m0/s1. The van der Waals surface area contributed by atoms with Gasteiger partial charge in [-0.05, 0) is 22.8 Å². The van der Waals surface area contributed by atoms with E-state index in [1.54, 1.807) is 0 Å². The second-order valence-electron chi connectivity index (χ2n) is 5.24. The number of H-pyrrole nitrogens is 1. The molecule has 9 heteroatoms. The van der Waals surface area contributed by atoms with Crippen LogP contribution < -0.4 is 5.32 Å². The Hall–Kier alpha value is -2.12. The second kappa shape index (κ2) is 6.55. The number of aromatic nitrogens is 4. The summed E-state index contributed by atoms with van der Waals surface area (Å²) in [5, 5.41) is 18.7. The van der Waals surface area contributed by atoms with Gasteiger partial charge in [-0.1, -0.05) is 47.7 Å². The average molecular weight is 333 g/mol.